The van der Waals surface area contributed by atoms with E-state index in [0.717, 1.165) is 6.26 Å². The number of aromatic nitrogens is 2. The van der Waals surface area contributed by atoms with E-state index in [9.17, 15) is 18.0 Å². The lowest BCUT2D eigenvalue weighted by Crippen LogP contribution is -2.13. The van der Waals surface area contributed by atoms with Gasteiger partial charge in [0.2, 0.25) is 0 Å². The quantitative estimate of drug-likeness (QED) is 0.660. The molecule has 0 atom stereocenters. The van der Waals surface area contributed by atoms with Gasteiger partial charge in [0.25, 0.3) is 5.91 Å². The molecule has 0 aliphatic rings. The summed E-state index contributed by atoms with van der Waals surface area (Å²) in [4.78, 5) is 28.8. The average Bonchev–Trinajstić information content (AvgIpc) is 2.85. The molecular weight excluding hydrogens is 354 g/mol. The maximum absolute atomic E-state index is 12.4. The minimum atomic E-state index is -3.46. The normalized spacial score (nSPS) is 11.6. The van der Waals surface area contributed by atoms with Gasteiger partial charge in [0.1, 0.15) is 0 Å². The van der Waals surface area contributed by atoms with E-state index < -0.39 is 15.7 Å². The Bertz CT molecular complexity index is 1120. The van der Waals surface area contributed by atoms with Gasteiger partial charge >= 0.3 is 5.69 Å². The number of sulfone groups is 1. The number of imidazole rings is 1. The fourth-order valence-electron chi connectivity index (χ4n) is 2.22. The highest BCUT2D eigenvalue weighted by atomic mass is 35.5. The number of halogens is 1. The van der Waals surface area contributed by atoms with Crippen LogP contribution in [-0.4, -0.2) is 30.5 Å². The highest BCUT2D eigenvalue weighted by Gasteiger charge is 2.16. The van der Waals surface area contributed by atoms with Crippen LogP contribution in [0.2, 0.25) is 5.02 Å². The third-order valence-corrected chi connectivity index (χ3v) is 4.82. The number of hydrogen-bond donors (Lipinski definition) is 3. The van der Waals surface area contributed by atoms with Gasteiger partial charge in [-0.15, -0.1) is 0 Å². The van der Waals surface area contributed by atoms with Gasteiger partial charge in [-0.2, -0.15) is 0 Å². The molecule has 0 radical (unpaired) electrons. The Morgan fingerprint density at radius 2 is 1.79 bits per heavy atom. The zero-order chi connectivity index (χ0) is 17.5. The molecule has 2 aromatic carbocycles. The van der Waals surface area contributed by atoms with E-state index in [-0.39, 0.29) is 21.2 Å². The van der Waals surface area contributed by atoms with Crippen LogP contribution >= 0.6 is 11.6 Å². The number of rotatable bonds is 3. The van der Waals surface area contributed by atoms with Crippen molar-refractivity contribution >= 4 is 44.1 Å². The number of carbonyl (C=O) groups is 1. The van der Waals surface area contributed by atoms with E-state index >= 15 is 0 Å². The summed E-state index contributed by atoms with van der Waals surface area (Å²) in [5, 5.41) is 2.76. The topological polar surface area (TPSA) is 112 Å². The van der Waals surface area contributed by atoms with Crippen molar-refractivity contribution in [3.8, 4) is 0 Å². The standard InChI is InChI=1S/C15H12ClN3O4S/c1-24(22,23)9-3-4-11(16)10(7-9)14(20)17-8-2-5-12-13(6-8)19-15(21)18-12/h2-7H,1H3,(H,17,20)(H2,18,19,21). The van der Waals surface area contributed by atoms with Gasteiger partial charge in [0, 0.05) is 11.9 Å². The highest BCUT2D eigenvalue weighted by molar-refractivity contribution is 7.90. The molecule has 0 fully saturated rings. The smallest absolute Gasteiger partial charge is 0.322 e. The van der Waals surface area contributed by atoms with Gasteiger partial charge in [-0.25, -0.2) is 13.2 Å². The van der Waals surface area contributed by atoms with E-state index in [1.807, 2.05) is 0 Å². The van der Waals surface area contributed by atoms with Crippen molar-refractivity contribution in [2.75, 3.05) is 11.6 Å². The predicted molar refractivity (Wildman–Crippen MR) is 91.4 cm³/mol. The van der Waals surface area contributed by atoms with Crippen molar-refractivity contribution in [3.63, 3.8) is 0 Å². The van der Waals surface area contributed by atoms with Crippen LogP contribution in [0.15, 0.2) is 46.1 Å². The van der Waals surface area contributed by atoms with Gasteiger partial charge < -0.3 is 15.3 Å². The summed E-state index contributed by atoms with van der Waals surface area (Å²) in [5.41, 5.74) is 1.27. The molecule has 9 heteroatoms. The zero-order valence-corrected chi connectivity index (χ0v) is 14.0. The maximum atomic E-state index is 12.4. The van der Waals surface area contributed by atoms with Crippen LogP contribution in [0.3, 0.4) is 0 Å². The molecule has 0 bridgehead atoms. The Morgan fingerprint density at radius 3 is 2.50 bits per heavy atom. The van der Waals surface area contributed by atoms with Crippen LogP contribution in [0.1, 0.15) is 10.4 Å². The molecule has 0 unspecified atom stereocenters. The first kappa shape index (κ1) is 16.3. The number of H-pyrrole nitrogens is 2. The van der Waals surface area contributed by atoms with Crippen molar-refractivity contribution in [2.24, 2.45) is 0 Å². The minimum Gasteiger partial charge on any atom is -0.322 e. The molecule has 24 heavy (non-hydrogen) atoms. The Kier molecular flexibility index (Phi) is 3.94. The Labute approximate surface area is 141 Å². The molecule has 0 saturated heterocycles. The second kappa shape index (κ2) is 5.81. The number of aromatic amines is 2. The number of amides is 1. The first-order valence-corrected chi connectivity index (χ1v) is 9.04. The first-order chi connectivity index (χ1) is 11.2. The SMILES string of the molecule is CS(=O)(=O)c1ccc(Cl)c(C(=O)Nc2ccc3[nH]c(=O)[nH]c3c2)c1. The van der Waals surface area contributed by atoms with Crippen molar-refractivity contribution in [2.45, 2.75) is 4.90 Å². The maximum Gasteiger partial charge on any atom is 0.323 e. The summed E-state index contributed by atoms with van der Waals surface area (Å²) in [6, 6.07) is 8.75. The molecule has 7 nitrogen and oxygen atoms in total. The van der Waals surface area contributed by atoms with Crippen LogP contribution < -0.4 is 11.0 Å². The van der Waals surface area contributed by atoms with Crippen LogP contribution in [0.4, 0.5) is 5.69 Å². The number of carbonyl (C=O) groups excluding carboxylic acids is 1. The van der Waals surface area contributed by atoms with Gasteiger partial charge in [-0.1, -0.05) is 11.6 Å². The summed E-state index contributed by atoms with van der Waals surface area (Å²) in [7, 11) is -3.46. The largest absolute Gasteiger partial charge is 0.323 e. The summed E-state index contributed by atoms with van der Waals surface area (Å²) in [6.45, 7) is 0. The van der Waals surface area contributed by atoms with Crippen molar-refractivity contribution in [1.29, 1.82) is 0 Å². The molecule has 0 aliphatic carbocycles. The number of hydrogen-bond acceptors (Lipinski definition) is 4. The minimum absolute atomic E-state index is 0.00228. The molecule has 3 rings (SSSR count). The van der Waals surface area contributed by atoms with Crippen LogP contribution in [0, 0.1) is 0 Å². The van der Waals surface area contributed by atoms with Crippen molar-refractivity contribution in [3.05, 3.63) is 57.5 Å². The Balaban J connectivity index is 1.95. The highest BCUT2D eigenvalue weighted by Crippen LogP contribution is 2.22. The second-order valence-electron chi connectivity index (χ2n) is 5.21. The molecule has 0 saturated carbocycles. The van der Waals surface area contributed by atoms with Gasteiger partial charge in [0.15, 0.2) is 9.84 Å². The molecule has 0 spiro atoms. The molecule has 0 aliphatic heterocycles. The van der Waals surface area contributed by atoms with E-state index in [1.54, 1.807) is 18.2 Å². The van der Waals surface area contributed by atoms with Gasteiger partial charge in [-0.05, 0) is 36.4 Å². The van der Waals surface area contributed by atoms with Gasteiger partial charge in [-0.3, -0.25) is 4.79 Å². The van der Waals surface area contributed by atoms with Crippen molar-refractivity contribution < 1.29 is 13.2 Å². The average molecular weight is 366 g/mol. The lowest BCUT2D eigenvalue weighted by Gasteiger charge is -2.08. The monoisotopic (exact) mass is 365 g/mol. The molecule has 1 amide bonds. The molecule has 3 N–H and O–H groups in total. The van der Waals surface area contributed by atoms with E-state index in [4.69, 9.17) is 11.6 Å². The Hall–Kier alpha value is -2.58. The second-order valence-corrected chi connectivity index (χ2v) is 7.63. The van der Waals surface area contributed by atoms with E-state index in [1.165, 1.54) is 18.2 Å². The van der Waals surface area contributed by atoms with E-state index in [2.05, 4.69) is 15.3 Å². The summed E-state index contributed by atoms with van der Waals surface area (Å²) in [5.74, 6) is -0.553. The molecule has 3 aromatic rings. The lowest BCUT2D eigenvalue weighted by molar-refractivity contribution is 0.102. The summed E-state index contributed by atoms with van der Waals surface area (Å²) < 4.78 is 23.2. The number of anilines is 1. The number of benzene rings is 2. The van der Waals surface area contributed by atoms with Crippen LogP contribution in [0.25, 0.3) is 11.0 Å². The third-order valence-electron chi connectivity index (χ3n) is 3.38. The molecule has 1 heterocycles. The molecule has 124 valence electrons. The van der Waals surface area contributed by atoms with E-state index in [0.29, 0.717) is 16.7 Å². The summed E-state index contributed by atoms with van der Waals surface area (Å²) in [6.07, 6.45) is 1.05. The Morgan fingerprint density at radius 1 is 1.08 bits per heavy atom. The number of nitrogens with one attached hydrogen (secondary N) is 3. The van der Waals surface area contributed by atoms with Crippen molar-refractivity contribution in [1.82, 2.24) is 9.97 Å². The fraction of sp³-hybridized carbons (Fsp3) is 0.0667. The fourth-order valence-corrected chi connectivity index (χ4v) is 3.07. The lowest BCUT2D eigenvalue weighted by atomic mass is 10.2. The predicted octanol–water partition coefficient (Wildman–Crippen LogP) is 2.17. The summed E-state index contributed by atoms with van der Waals surface area (Å²) >= 11 is 6.00. The first-order valence-electron chi connectivity index (χ1n) is 6.77. The van der Waals surface area contributed by atoms with Crippen LogP contribution in [0.5, 0.6) is 0 Å². The van der Waals surface area contributed by atoms with Gasteiger partial charge in [0.05, 0.1) is 26.5 Å². The van der Waals surface area contributed by atoms with Crippen LogP contribution in [-0.2, 0) is 9.84 Å². The molecule has 1 aromatic heterocycles. The zero-order valence-electron chi connectivity index (χ0n) is 12.4. The third kappa shape index (κ3) is 3.19. The molecular formula is C15H12ClN3O4S. The number of fused-ring (bicyclic) bond motifs is 1.